The Bertz CT molecular complexity index is 161. The second-order valence-electron chi connectivity index (χ2n) is 3.14. The summed E-state index contributed by atoms with van der Waals surface area (Å²) in [6, 6.07) is 0. The molecule has 0 saturated carbocycles. The van der Waals surface area contributed by atoms with E-state index in [1.165, 1.54) is 7.11 Å². The highest BCUT2D eigenvalue weighted by atomic mass is 16.5. The molecule has 0 unspecified atom stereocenters. The van der Waals surface area contributed by atoms with Crippen LogP contribution in [0.5, 0.6) is 0 Å². The maximum Gasteiger partial charge on any atom is 0.311 e. The highest BCUT2D eigenvalue weighted by molar-refractivity contribution is 5.79. The van der Waals surface area contributed by atoms with Gasteiger partial charge in [-0.1, -0.05) is 6.92 Å². The van der Waals surface area contributed by atoms with E-state index < -0.39 is 5.41 Å². The molecule has 0 heterocycles. The van der Waals surface area contributed by atoms with Crippen LogP contribution in [0, 0.1) is 11.3 Å². The van der Waals surface area contributed by atoms with Gasteiger partial charge in [-0.2, -0.15) is 0 Å². The van der Waals surface area contributed by atoms with E-state index in [-0.39, 0.29) is 11.9 Å². The lowest BCUT2D eigenvalue weighted by Gasteiger charge is -2.24. The van der Waals surface area contributed by atoms with Crippen molar-refractivity contribution in [2.45, 2.75) is 20.8 Å². The van der Waals surface area contributed by atoms with E-state index in [0.717, 1.165) is 6.29 Å². The number of methoxy groups -OCH3 is 1. The second-order valence-corrected chi connectivity index (χ2v) is 3.14. The van der Waals surface area contributed by atoms with Crippen LogP contribution in [0.4, 0.5) is 0 Å². The van der Waals surface area contributed by atoms with Gasteiger partial charge in [0.15, 0.2) is 0 Å². The number of rotatable bonds is 3. The van der Waals surface area contributed by atoms with Crippen molar-refractivity contribution >= 4 is 12.3 Å². The van der Waals surface area contributed by atoms with Crippen molar-refractivity contribution < 1.29 is 14.3 Å². The molecule has 0 aliphatic carbocycles. The van der Waals surface area contributed by atoms with Crippen molar-refractivity contribution in [3.8, 4) is 0 Å². The molecular formula is C8H14O3. The molecule has 0 radical (unpaired) electrons. The Balaban J connectivity index is 4.43. The minimum Gasteiger partial charge on any atom is -0.469 e. The number of aldehydes is 1. The average molecular weight is 158 g/mol. The Morgan fingerprint density at radius 2 is 2.00 bits per heavy atom. The van der Waals surface area contributed by atoms with Crippen molar-refractivity contribution in [2.24, 2.45) is 11.3 Å². The predicted molar refractivity (Wildman–Crippen MR) is 41.0 cm³/mol. The van der Waals surface area contributed by atoms with Gasteiger partial charge in [-0.15, -0.1) is 0 Å². The average Bonchev–Trinajstić information content (AvgIpc) is 2.01. The van der Waals surface area contributed by atoms with Crippen LogP contribution in [0.1, 0.15) is 20.8 Å². The van der Waals surface area contributed by atoms with Crippen molar-refractivity contribution in [1.82, 2.24) is 0 Å². The molecule has 0 aromatic rings. The largest absolute Gasteiger partial charge is 0.469 e. The molecule has 3 nitrogen and oxygen atoms in total. The Morgan fingerprint density at radius 1 is 1.55 bits per heavy atom. The third-order valence-electron chi connectivity index (χ3n) is 2.05. The van der Waals surface area contributed by atoms with E-state index in [1.807, 2.05) is 0 Å². The molecule has 11 heavy (non-hydrogen) atoms. The van der Waals surface area contributed by atoms with Crippen LogP contribution in [0.25, 0.3) is 0 Å². The van der Waals surface area contributed by atoms with Gasteiger partial charge in [0, 0.05) is 5.92 Å². The quantitative estimate of drug-likeness (QED) is 0.455. The third kappa shape index (κ3) is 2.03. The normalized spacial score (nSPS) is 13.8. The monoisotopic (exact) mass is 158 g/mol. The Labute approximate surface area is 66.7 Å². The highest BCUT2D eigenvalue weighted by Gasteiger charge is 2.34. The number of hydrogen-bond acceptors (Lipinski definition) is 3. The van der Waals surface area contributed by atoms with Crippen LogP contribution in [-0.2, 0) is 14.3 Å². The summed E-state index contributed by atoms with van der Waals surface area (Å²) in [5, 5.41) is 0. The summed E-state index contributed by atoms with van der Waals surface area (Å²) < 4.78 is 4.54. The van der Waals surface area contributed by atoms with Gasteiger partial charge in [-0.25, -0.2) is 0 Å². The summed E-state index contributed by atoms with van der Waals surface area (Å²) in [6.07, 6.45) is 0.761. The fraction of sp³-hybridized carbons (Fsp3) is 0.750. The maximum absolute atomic E-state index is 11.1. The van der Waals surface area contributed by atoms with Gasteiger partial charge < -0.3 is 9.53 Å². The van der Waals surface area contributed by atoms with E-state index in [4.69, 9.17) is 0 Å². The molecule has 0 aliphatic heterocycles. The molecule has 0 N–H and O–H groups in total. The molecule has 0 aromatic carbocycles. The summed E-state index contributed by atoms with van der Waals surface area (Å²) in [4.78, 5) is 21.4. The molecular weight excluding hydrogens is 144 g/mol. The molecule has 0 aliphatic rings. The second kappa shape index (κ2) is 3.51. The number of hydrogen-bond donors (Lipinski definition) is 0. The summed E-state index contributed by atoms with van der Waals surface area (Å²) in [5.41, 5.74) is -0.712. The molecule has 1 atom stereocenters. The Kier molecular flexibility index (Phi) is 3.23. The summed E-state index contributed by atoms with van der Waals surface area (Å²) in [7, 11) is 1.32. The molecule has 64 valence electrons. The van der Waals surface area contributed by atoms with Crippen molar-refractivity contribution in [2.75, 3.05) is 7.11 Å². The lowest BCUT2D eigenvalue weighted by atomic mass is 9.81. The van der Waals surface area contributed by atoms with Crippen LogP contribution >= 0.6 is 0 Å². The number of carbonyl (C=O) groups excluding carboxylic acids is 2. The molecule has 0 rings (SSSR count). The minimum absolute atomic E-state index is 0.310. The first-order valence-corrected chi connectivity index (χ1v) is 3.50. The van der Waals surface area contributed by atoms with Crippen molar-refractivity contribution in [3.05, 3.63) is 0 Å². The number of ether oxygens (including phenoxy) is 1. The molecule has 3 heteroatoms. The smallest absolute Gasteiger partial charge is 0.311 e. The van der Waals surface area contributed by atoms with Gasteiger partial charge in [0.25, 0.3) is 0 Å². The zero-order valence-corrected chi connectivity index (χ0v) is 7.38. The summed E-state index contributed by atoms with van der Waals surface area (Å²) in [5.74, 6) is -0.660. The minimum atomic E-state index is -0.712. The molecule has 0 saturated heterocycles. The molecule has 0 amide bonds. The zero-order chi connectivity index (χ0) is 9.07. The van der Waals surface area contributed by atoms with E-state index in [0.29, 0.717) is 0 Å². The first kappa shape index (κ1) is 10.1. The van der Waals surface area contributed by atoms with Gasteiger partial charge in [0.2, 0.25) is 0 Å². The molecule has 0 spiro atoms. The number of carbonyl (C=O) groups is 2. The lowest BCUT2D eigenvalue weighted by molar-refractivity contribution is -0.154. The number of esters is 1. The van der Waals surface area contributed by atoms with Gasteiger partial charge in [0.05, 0.1) is 12.5 Å². The van der Waals surface area contributed by atoms with Crippen LogP contribution in [0.2, 0.25) is 0 Å². The first-order valence-electron chi connectivity index (χ1n) is 3.50. The molecule has 0 fully saturated rings. The van der Waals surface area contributed by atoms with Crippen LogP contribution in [-0.4, -0.2) is 19.4 Å². The van der Waals surface area contributed by atoms with E-state index in [9.17, 15) is 9.59 Å². The van der Waals surface area contributed by atoms with Gasteiger partial charge in [0.1, 0.15) is 6.29 Å². The fourth-order valence-corrected chi connectivity index (χ4v) is 0.619. The van der Waals surface area contributed by atoms with Crippen molar-refractivity contribution in [3.63, 3.8) is 0 Å². The summed E-state index contributed by atoms with van der Waals surface area (Å²) in [6.45, 7) is 5.08. The van der Waals surface area contributed by atoms with Crippen LogP contribution < -0.4 is 0 Å². The lowest BCUT2D eigenvalue weighted by Crippen LogP contribution is -2.33. The van der Waals surface area contributed by atoms with Gasteiger partial charge >= 0.3 is 5.97 Å². The summed E-state index contributed by atoms with van der Waals surface area (Å²) >= 11 is 0. The van der Waals surface area contributed by atoms with E-state index in [2.05, 4.69) is 4.74 Å². The first-order chi connectivity index (χ1) is 4.96. The van der Waals surface area contributed by atoms with Crippen LogP contribution in [0.3, 0.4) is 0 Å². The predicted octanol–water partition coefficient (Wildman–Crippen LogP) is 1.02. The molecule has 0 aromatic heterocycles. The van der Waals surface area contributed by atoms with E-state index in [1.54, 1.807) is 20.8 Å². The third-order valence-corrected chi connectivity index (χ3v) is 2.05. The zero-order valence-electron chi connectivity index (χ0n) is 7.38. The Hall–Kier alpha value is -0.860. The standard InChI is InChI=1S/C8H14O3/c1-6(5-9)8(2,3)7(10)11-4/h5-6H,1-4H3/t6-/m0/s1. The Morgan fingerprint density at radius 3 is 2.27 bits per heavy atom. The molecule has 0 bridgehead atoms. The van der Waals surface area contributed by atoms with Gasteiger partial charge in [-0.3, -0.25) is 4.79 Å². The van der Waals surface area contributed by atoms with Crippen LogP contribution in [0.15, 0.2) is 0 Å². The van der Waals surface area contributed by atoms with E-state index >= 15 is 0 Å². The maximum atomic E-state index is 11.1. The fourth-order valence-electron chi connectivity index (χ4n) is 0.619. The topological polar surface area (TPSA) is 43.4 Å². The van der Waals surface area contributed by atoms with Gasteiger partial charge in [-0.05, 0) is 13.8 Å². The SMILES string of the molecule is COC(=O)C(C)(C)[C@@H](C)C=O. The highest BCUT2D eigenvalue weighted by Crippen LogP contribution is 2.25. The van der Waals surface area contributed by atoms with Crippen molar-refractivity contribution in [1.29, 1.82) is 0 Å².